The summed E-state index contributed by atoms with van der Waals surface area (Å²) in [5.74, 6) is 0. The summed E-state index contributed by atoms with van der Waals surface area (Å²) in [6.45, 7) is -0.0937. The van der Waals surface area contributed by atoms with Crippen molar-refractivity contribution in [1.29, 1.82) is 0 Å². The smallest absolute Gasteiger partial charge is 0.326 e. The Kier molecular flexibility index (Phi) is 2.31. The molecule has 1 aliphatic carbocycles. The van der Waals surface area contributed by atoms with Crippen molar-refractivity contribution in [2.24, 2.45) is 5.73 Å². The summed E-state index contributed by atoms with van der Waals surface area (Å²) in [7, 11) is 0. The van der Waals surface area contributed by atoms with Crippen LogP contribution in [0.2, 0.25) is 0 Å². The fourth-order valence-electron chi connectivity index (χ4n) is 2.17. The van der Waals surface area contributed by atoms with Crippen LogP contribution in [0.15, 0.2) is 23.0 Å². The lowest BCUT2D eigenvalue weighted by atomic mass is 10.1. The molecule has 1 unspecified atom stereocenters. The number of hydrogen-bond donors (Lipinski definition) is 3. The van der Waals surface area contributed by atoms with E-state index in [0.29, 0.717) is 6.04 Å². The third-order valence-electron chi connectivity index (χ3n) is 3.28. The van der Waals surface area contributed by atoms with Crippen molar-refractivity contribution < 1.29 is 5.11 Å². The first-order valence-corrected chi connectivity index (χ1v) is 5.81. The van der Waals surface area contributed by atoms with E-state index in [9.17, 15) is 4.79 Å². The van der Waals surface area contributed by atoms with E-state index >= 15 is 0 Å². The number of nitrogens with one attached hydrogen (secondary N) is 1. The lowest BCUT2D eigenvalue weighted by molar-refractivity contribution is 0.268. The molecule has 90 valence electrons. The normalized spacial score (nSPS) is 17.5. The van der Waals surface area contributed by atoms with Crippen molar-refractivity contribution in [2.45, 2.75) is 24.9 Å². The van der Waals surface area contributed by atoms with Gasteiger partial charge in [-0.1, -0.05) is 6.07 Å². The number of aromatic nitrogens is 2. The van der Waals surface area contributed by atoms with Crippen LogP contribution in [0.1, 0.15) is 30.5 Å². The molecule has 4 N–H and O–H groups in total. The van der Waals surface area contributed by atoms with Crippen LogP contribution in [0.5, 0.6) is 0 Å². The Morgan fingerprint density at radius 3 is 2.94 bits per heavy atom. The van der Waals surface area contributed by atoms with Gasteiger partial charge in [-0.05, 0) is 30.5 Å². The molecular weight excluding hydrogens is 218 g/mol. The average molecular weight is 233 g/mol. The molecule has 0 aliphatic heterocycles. The summed E-state index contributed by atoms with van der Waals surface area (Å²) in [4.78, 5) is 14.6. The second-order valence-electron chi connectivity index (χ2n) is 4.60. The van der Waals surface area contributed by atoms with Crippen molar-refractivity contribution >= 4 is 11.0 Å². The molecule has 0 spiro atoms. The Labute approximate surface area is 97.9 Å². The van der Waals surface area contributed by atoms with Gasteiger partial charge in [0.2, 0.25) is 0 Å². The minimum atomic E-state index is -0.392. The predicted octanol–water partition coefficient (Wildman–Crippen LogP) is 0.657. The summed E-state index contributed by atoms with van der Waals surface area (Å²) in [5.41, 5.74) is 8.30. The Bertz CT molecular complexity index is 610. The van der Waals surface area contributed by atoms with Gasteiger partial charge in [0.05, 0.1) is 23.7 Å². The van der Waals surface area contributed by atoms with Gasteiger partial charge in [0.1, 0.15) is 0 Å². The van der Waals surface area contributed by atoms with E-state index in [1.165, 1.54) is 0 Å². The van der Waals surface area contributed by atoms with Gasteiger partial charge in [0, 0.05) is 6.04 Å². The second kappa shape index (κ2) is 3.72. The minimum absolute atomic E-state index is 0.0581. The molecular formula is C12H15N3O2. The zero-order chi connectivity index (χ0) is 12.0. The van der Waals surface area contributed by atoms with E-state index in [4.69, 9.17) is 10.8 Å². The summed E-state index contributed by atoms with van der Waals surface area (Å²) < 4.78 is 1.79. The van der Waals surface area contributed by atoms with E-state index in [2.05, 4.69) is 4.98 Å². The van der Waals surface area contributed by atoms with E-state index in [1.807, 2.05) is 18.2 Å². The van der Waals surface area contributed by atoms with Gasteiger partial charge in [0.15, 0.2) is 0 Å². The molecule has 1 heterocycles. The standard InChI is InChI=1S/C12H15N3O2/c13-9(6-16)7-1-4-10-11(5-7)15(8-2-3-8)12(17)14-10/h1,4-5,8-9,16H,2-3,6,13H2,(H,14,17). The highest BCUT2D eigenvalue weighted by atomic mass is 16.3. The first-order valence-electron chi connectivity index (χ1n) is 5.81. The SMILES string of the molecule is NC(CO)c1ccc2[nH]c(=O)n(C3CC3)c2c1. The van der Waals surface area contributed by atoms with Crippen molar-refractivity contribution in [2.75, 3.05) is 6.61 Å². The monoisotopic (exact) mass is 233 g/mol. The lowest BCUT2D eigenvalue weighted by Gasteiger charge is -2.09. The highest BCUT2D eigenvalue weighted by Crippen LogP contribution is 2.36. The first-order chi connectivity index (χ1) is 8.20. The van der Waals surface area contributed by atoms with Crippen LogP contribution in [0, 0.1) is 0 Å². The number of rotatable bonds is 3. The number of aromatic amines is 1. The molecule has 0 bridgehead atoms. The van der Waals surface area contributed by atoms with E-state index in [0.717, 1.165) is 29.4 Å². The maximum Gasteiger partial charge on any atom is 0.326 e. The van der Waals surface area contributed by atoms with Crippen molar-refractivity contribution in [1.82, 2.24) is 9.55 Å². The van der Waals surface area contributed by atoms with E-state index < -0.39 is 6.04 Å². The Balaban J connectivity index is 2.19. The fraction of sp³-hybridized carbons (Fsp3) is 0.417. The van der Waals surface area contributed by atoms with Crippen molar-refractivity contribution in [3.05, 3.63) is 34.2 Å². The van der Waals surface area contributed by atoms with E-state index in [1.54, 1.807) is 4.57 Å². The van der Waals surface area contributed by atoms with Crippen LogP contribution < -0.4 is 11.4 Å². The average Bonchev–Trinajstić information content (AvgIpc) is 3.10. The molecule has 1 fully saturated rings. The summed E-state index contributed by atoms with van der Waals surface area (Å²) in [6.07, 6.45) is 2.12. The molecule has 1 saturated carbocycles. The molecule has 0 amide bonds. The molecule has 5 heteroatoms. The van der Waals surface area contributed by atoms with Crippen LogP contribution >= 0.6 is 0 Å². The molecule has 0 radical (unpaired) electrons. The lowest BCUT2D eigenvalue weighted by Crippen LogP contribution is -2.16. The molecule has 2 aromatic rings. The molecule has 1 aromatic carbocycles. The number of hydrogen-bond acceptors (Lipinski definition) is 3. The third kappa shape index (κ3) is 1.67. The van der Waals surface area contributed by atoms with E-state index in [-0.39, 0.29) is 12.3 Å². The van der Waals surface area contributed by atoms with Crippen LogP contribution in [-0.4, -0.2) is 21.3 Å². The Morgan fingerprint density at radius 2 is 2.29 bits per heavy atom. The zero-order valence-corrected chi connectivity index (χ0v) is 9.39. The number of nitrogens with two attached hydrogens (primary N) is 1. The van der Waals surface area contributed by atoms with Gasteiger partial charge >= 0.3 is 5.69 Å². The van der Waals surface area contributed by atoms with Gasteiger partial charge in [-0.25, -0.2) is 4.79 Å². The van der Waals surface area contributed by atoms with Crippen LogP contribution in [0.25, 0.3) is 11.0 Å². The number of benzene rings is 1. The van der Waals surface area contributed by atoms with Gasteiger partial charge < -0.3 is 15.8 Å². The maximum absolute atomic E-state index is 11.8. The number of aliphatic hydroxyl groups excluding tert-OH is 1. The molecule has 0 saturated heterocycles. The van der Waals surface area contributed by atoms with Gasteiger partial charge in [-0.3, -0.25) is 4.57 Å². The van der Waals surface area contributed by atoms with Crippen LogP contribution in [-0.2, 0) is 0 Å². The number of H-pyrrole nitrogens is 1. The summed E-state index contributed by atoms with van der Waals surface area (Å²) in [5, 5.41) is 9.05. The van der Waals surface area contributed by atoms with Crippen LogP contribution in [0.4, 0.5) is 0 Å². The quantitative estimate of drug-likeness (QED) is 0.728. The highest BCUT2D eigenvalue weighted by molar-refractivity contribution is 5.76. The number of aliphatic hydroxyl groups is 1. The van der Waals surface area contributed by atoms with Gasteiger partial charge in [-0.15, -0.1) is 0 Å². The molecule has 17 heavy (non-hydrogen) atoms. The summed E-state index contributed by atoms with van der Waals surface area (Å²) in [6, 6.07) is 5.53. The molecule has 1 atom stereocenters. The van der Waals surface area contributed by atoms with Gasteiger partial charge in [0.25, 0.3) is 0 Å². The molecule has 1 aromatic heterocycles. The number of nitrogens with zero attached hydrogens (tertiary/aromatic N) is 1. The largest absolute Gasteiger partial charge is 0.394 e. The molecule has 5 nitrogen and oxygen atoms in total. The first kappa shape index (κ1) is 10.6. The fourth-order valence-corrected chi connectivity index (χ4v) is 2.17. The third-order valence-corrected chi connectivity index (χ3v) is 3.28. The number of imidazole rings is 1. The topological polar surface area (TPSA) is 84.0 Å². The zero-order valence-electron chi connectivity index (χ0n) is 9.39. The molecule has 3 rings (SSSR count). The Hall–Kier alpha value is -1.59. The Morgan fingerprint density at radius 1 is 1.53 bits per heavy atom. The van der Waals surface area contributed by atoms with Crippen molar-refractivity contribution in [3.63, 3.8) is 0 Å². The second-order valence-corrected chi connectivity index (χ2v) is 4.60. The van der Waals surface area contributed by atoms with Crippen LogP contribution in [0.3, 0.4) is 0 Å². The molecule has 1 aliphatic rings. The highest BCUT2D eigenvalue weighted by Gasteiger charge is 2.27. The maximum atomic E-state index is 11.8. The van der Waals surface area contributed by atoms with Crippen molar-refractivity contribution in [3.8, 4) is 0 Å². The predicted molar refractivity (Wildman–Crippen MR) is 64.8 cm³/mol. The minimum Gasteiger partial charge on any atom is -0.394 e. The summed E-state index contributed by atoms with van der Waals surface area (Å²) >= 11 is 0. The van der Waals surface area contributed by atoms with Gasteiger partial charge in [-0.2, -0.15) is 0 Å². The number of fused-ring (bicyclic) bond motifs is 1.